The highest BCUT2D eigenvalue weighted by molar-refractivity contribution is 5.93. The first-order valence-corrected chi connectivity index (χ1v) is 11.0. The molecule has 0 bridgehead atoms. The van der Waals surface area contributed by atoms with E-state index in [1.807, 2.05) is 40.8 Å². The lowest BCUT2D eigenvalue weighted by molar-refractivity contribution is -0.135. The number of carbonyl (C=O) groups is 2. The summed E-state index contributed by atoms with van der Waals surface area (Å²) < 4.78 is 1.82. The number of anilines is 1. The number of nitrogens with zero attached hydrogens (tertiary/aromatic N) is 3. The molecule has 1 saturated heterocycles. The Kier molecular flexibility index (Phi) is 5.43. The van der Waals surface area contributed by atoms with Gasteiger partial charge < -0.3 is 10.2 Å². The van der Waals surface area contributed by atoms with E-state index in [0.29, 0.717) is 12.4 Å². The molecule has 6 heteroatoms. The molecule has 1 saturated carbocycles. The lowest BCUT2D eigenvalue weighted by Crippen LogP contribution is -2.44. The molecule has 2 amide bonds. The van der Waals surface area contributed by atoms with E-state index in [9.17, 15) is 9.59 Å². The maximum Gasteiger partial charge on any atom is 0.230 e. The number of carbonyl (C=O) groups excluding carboxylic acids is 2. The van der Waals surface area contributed by atoms with Crippen LogP contribution in [0, 0.1) is 18.8 Å². The predicted molar refractivity (Wildman–Crippen MR) is 118 cm³/mol. The van der Waals surface area contributed by atoms with Gasteiger partial charge in [0.15, 0.2) is 0 Å². The van der Waals surface area contributed by atoms with Crippen molar-refractivity contribution in [1.82, 2.24) is 14.7 Å². The Balaban J connectivity index is 1.56. The molecule has 0 spiro atoms. The standard InChI is InChI=1S/C24H32N4O2/c1-16-7-5-9-19(13-16)28-21(14-20(26-28)24(2,3)4)25-22(29)18-8-6-12-27(15-18)23(30)17-10-11-17/h5,7,9,13-14,17-18H,6,8,10-12,15H2,1-4H3,(H,25,29). The SMILES string of the molecule is Cc1cccc(-n2nc(C(C)(C)C)cc2NC(=O)C2CCCN(C(=O)C3CC3)C2)c1. The summed E-state index contributed by atoms with van der Waals surface area (Å²) in [6.45, 7) is 9.68. The second kappa shape index (κ2) is 7.89. The third-order valence-electron chi connectivity index (χ3n) is 6.01. The van der Waals surface area contributed by atoms with Gasteiger partial charge in [-0.25, -0.2) is 4.68 Å². The second-order valence-corrected chi connectivity index (χ2v) is 9.80. The molecular formula is C24H32N4O2. The first kappa shape index (κ1) is 20.6. The molecule has 2 aromatic rings. The van der Waals surface area contributed by atoms with Crippen LogP contribution in [0.5, 0.6) is 0 Å². The number of aromatic nitrogens is 2. The maximum atomic E-state index is 13.1. The monoisotopic (exact) mass is 408 g/mol. The van der Waals surface area contributed by atoms with Crippen molar-refractivity contribution in [2.75, 3.05) is 18.4 Å². The molecule has 2 aliphatic rings. The van der Waals surface area contributed by atoms with Gasteiger partial charge in [-0.3, -0.25) is 9.59 Å². The van der Waals surface area contributed by atoms with Crippen molar-refractivity contribution in [3.63, 3.8) is 0 Å². The van der Waals surface area contributed by atoms with Gasteiger partial charge in [0, 0.05) is 30.5 Å². The van der Waals surface area contributed by atoms with Crippen LogP contribution < -0.4 is 5.32 Å². The fraction of sp³-hybridized carbons (Fsp3) is 0.542. The van der Waals surface area contributed by atoms with Crippen molar-refractivity contribution in [1.29, 1.82) is 0 Å². The van der Waals surface area contributed by atoms with Crippen LogP contribution in [-0.2, 0) is 15.0 Å². The number of hydrogen-bond donors (Lipinski definition) is 1. The number of rotatable bonds is 4. The Morgan fingerprint density at radius 2 is 1.87 bits per heavy atom. The smallest absolute Gasteiger partial charge is 0.230 e. The molecule has 1 aromatic carbocycles. The van der Waals surface area contributed by atoms with Crippen LogP contribution in [-0.4, -0.2) is 39.6 Å². The zero-order valence-electron chi connectivity index (χ0n) is 18.4. The molecule has 1 aromatic heterocycles. The van der Waals surface area contributed by atoms with Crippen LogP contribution in [0.1, 0.15) is 57.7 Å². The van der Waals surface area contributed by atoms with Crippen molar-refractivity contribution in [2.24, 2.45) is 11.8 Å². The number of piperidine rings is 1. The Labute approximate surface area is 178 Å². The Hall–Kier alpha value is -2.63. The molecule has 2 heterocycles. The average molecular weight is 409 g/mol. The summed E-state index contributed by atoms with van der Waals surface area (Å²) in [4.78, 5) is 27.5. The van der Waals surface area contributed by atoms with Crippen LogP contribution >= 0.6 is 0 Å². The number of aryl methyl sites for hydroxylation is 1. The van der Waals surface area contributed by atoms with Crippen molar-refractivity contribution < 1.29 is 9.59 Å². The lowest BCUT2D eigenvalue weighted by atomic mass is 9.92. The average Bonchev–Trinajstić information content (AvgIpc) is 3.46. The number of likely N-dealkylation sites (tertiary alicyclic amines) is 1. The van der Waals surface area contributed by atoms with Crippen LogP contribution in [0.3, 0.4) is 0 Å². The van der Waals surface area contributed by atoms with E-state index in [1.54, 1.807) is 0 Å². The summed E-state index contributed by atoms with van der Waals surface area (Å²) in [6, 6.07) is 10.1. The van der Waals surface area contributed by atoms with Gasteiger partial charge in [0.2, 0.25) is 11.8 Å². The normalized spacial score (nSPS) is 19.6. The highest BCUT2D eigenvalue weighted by atomic mass is 16.2. The van der Waals surface area contributed by atoms with Gasteiger partial charge >= 0.3 is 0 Å². The number of benzene rings is 1. The maximum absolute atomic E-state index is 13.1. The van der Waals surface area contributed by atoms with E-state index >= 15 is 0 Å². The Morgan fingerprint density at radius 1 is 1.10 bits per heavy atom. The number of nitrogens with one attached hydrogen (secondary N) is 1. The van der Waals surface area contributed by atoms with E-state index < -0.39 is 0 Å². The Morgan fingerprint density at radius 3 is 2.53 bits per heavy atom. The Bertz CT molecular complexity index is 952. The van der Waals surface area contributed by atoms with Crippen molar-refractivity contribution in [3.05, 3.63) is 41.6 Å². The molecule has 30 heavy (non-hydrogen) atoms. The summed E-state index contributed by atoms with van der Waals surface area (Å²) in [5, 5.41) is 7.92. The van der Waals surface area contributed by atoms with E-state index in [-0.39, 0.29) is 29.1 Å². The third kappa shape index (κ3) is 4.42. The molecular weight excluding hydrogens is 376 g/mol. The number of amides is 2. The van der Waals surface area contributed by atoms with Crippen LogP contribution in [0.25, 0.3) is 5.69 Å². The molecule has 1 N–H and O–H groups in total. The molecule has 1 aliphatic heterocycles. The summed E-state index contributed by atoms with van der Waals surface area (Å²) >= 11 is 0. The van der Waals surface area contributed by atoms with Gasteiger partial charge in [-0.2, -0.15) is 5.10 Å². The van der Waals surface area contributed by atoms with Crippen LogP contribution in [0.15, 0.2) is 30.3 Å². The van der Waals surface area contributed by atoms with Gasteiger partial charge in [0.05, 0.1) is 17.3 Å². The second-order valence-electron chi connectivity index (χ2n) is 9.80. The quantitative estimate of drug-likeness (QED) is 0.829. The van der Waals surface area contributed by atoms with E-state index in [0.717, 1.165) is 49.2 Å². The summed E-state index contributed by atoms with van der Waals surface area (Å²) in [5.74, 6) is 0.898. The molecule has 0 radical (unpaired) electrons. The zero-order valence-corrected chi connectivity index (χ0v) is 18.4. The van der Waals surface area contributed by atoms with Crippen molar-refractivity contribution in [2.45, 2.75) is 58.8 Å². The lowest BCUT2D eigenvalue weighted by Gasteiger charge is -2.32. The van der Waals surface area contributed by atoms with E-state index in [4.69, 9.17) is 5.10 Å². The zero-order chi connectivity index (χ0) is 21.5. The molecule has 1 atom stereocenters. The van der Waals surface area contributed by atoms with Gasteiger partial charge in [0.25, 0.3) is 0 Å². The largest absolute Gasteiger partial charge is 0.342 e. The molecule has 160 valence electrons. The highest BCUT2D eigenvalue weighted by Gasteiger charge is 2.37. The topological polar surface area (TPSA) is 67.2 Å². The minimum absolute atomic E-state index is 0.0300. The van der Waals surface area contributed by atoms with Gasteiger partial charge in [-0.1, -0.05) is 32.9 Å². The van der Waals surface area contributed by atoms with Gasteiger partial charge in [-0.05, 0) is 50.3 Å². The van der Waals surface area contributed by atoms with E-state index in [2.05, 4.69) is 32.2 Å². The third-order valence-corrected chi connectivity index (χ3v) is 6.01. The fourth-order valence-electron chi connectivity index (χ4n) is 4.00. The molecule has 2 fully saturated rings. The van der Waals surface area contributed by atoms with Crippen LogP contribution in [0.4, 0.5) is 5.82 Å². The molecule has 4 rings (SSSR count). The van der Waals surface area contributed by atoms with Crippen molar-refractivity contribution in [3.8, 4) is 5.69 Å². The fourth-order valence-corrected chi connectivity index (χ4v) is 4.00. The first-order chi connectivity index (χ1) is 14.2. The summed E-state index contributed by atoms with van der Waals surface area (Å²) in [5.41, 5.74) is 2.86. The van der Waals surface area contributed by atoms with Gasteiger partial charge in [0.1, 0.15) is 5.82 Å². The highest BCUT2D eigenvalue weighted by Crippen LogP contribution is 2.33. The molecule has 1 aliphatic carbocycles. The molecule has 1 unspecified atom stereocenters. The first-order valence-electron chi connectivity index (χ1n) is 11.0. The van der Waals surface area contributed by atoms with Crippen LogP contribution in [0.2, 0.25) is 0 Å². The minimum atomic E-state index is -0.180. The summed E-state index contributed by atoms with van der Waals surface area (Å²) in [7, 11) is 0. The van der Waals surface area contributed by atoms with E-state index in [1.165, 1.54) is 0 Å². The minimum Gasteiger partial charge on any atom is -0.342 e. The van der Waals surface area contributed by atoms with Gasteiger partial charge in [-0.15, -0.1) is 0 Å². The molecule has 6 nitrogen and oxygen atoms in total. The number of hydrogen-bond acceptors (Lipinski definition) is 3. The predicted octanol–water partition coefficient (Wildman–Crippen LogP) is 4.07. The summed E-state index contributed by atoms with van der Waals surface area (Å²) in [6.07, 6.45) is 3.68. The van der Waals surface area contributed by atoms with Crippen molar-refractivity contribution >= 4 is 17.6 Å².